The molecule has 4 rings (SSSR count). The molecule has 0 radical (unpaired) electrons. The van der Waals surface area contributed by atoms with Gasteiger partial charge in [0.25, 0.3) is 0 Å². The van der Waals surface area contributed by atoms with Crippen LogP contribution in [0.3, 0.4) is 0 Å². The number of hydrogen-bond acceptors (Lipinski definition) is 3. The van der Waals surface area contributed by atoms with Gasteiger partial charge in [0.1, 0.15) is 12.6 Å². The predicted molar refractivity (Wildman–Crippen MR) is 111 cm³/mol. The molecule has 2 aromatic carbocycles. The number of rotatable bonds is 5. The molecule has 0 saturated carbocycles. The standard InChI is InChI=1S/C23H27BrNO3.BrH/c1-25(15-16-7-9-18(24)10-8-16)19-11-12-20(25)14-21(13-19)28-23(27)22(26)17-5-3-2-4-6-17;/h2-10,19-22,26H,11-15H2,1H3;1H/q+1;/p-1. The van der Waals surface area contributed by atoms with Gasteiger partial charge in [0.05, 0.1) is 19.1 Å². The van der Waals surface area contributed by atoms with Gasteiger partial charge in [-0.15, -0.1) is 0 Å². The fraction of sp³-hybridized carbons (Fsp3) is 0.435. The van der Waals surface area contributed by atoms with Gasteiger partial charge in [-0.3, -0.25) is 0 Å². The Labute approximate surface area is 191 Å². The van der Waals surface area contributed by atoms with Crippen molar-refractivity contribution in [2.24, 2.45) is 0 Å². The molecule has 2 fully saturated rings. The predicted octanol–water partition coefficient (Wildman–Crippen LogP) is 1.37. The number of quaternary nitrogens is 1. The van der Waals surface area contributed by atoms with Gasteiger partial charge in [0, 0.05) is 35.7 Å². The van der Waals surface area contributed by atoms with Crippen LogP contribution >= 0.6 is 15.9 Å². The van der Waals surface area contributed by atoms with E-state index < -0.39 is 12.1 Å². The molecule has 29 heavy (non-hydrogen) atoms. The molecule has 6 heteroatoms. The molecule has 1 N–H and O–H groups in total. The number of halogens is 2. The lowest BCUT2D eigenvalue weighted by Gasteiger charge is -2.47. The molecular formula is C23H27Br2NO3. The number of esters is 1. The zero-order valence-corrected chi connectivity index (χ0v) is 19.7. The van der Waals surface area contributed by atoms with E-state index >= 15 is 0 Å². The second-order valence-corrected chi connectivity index (χ2v) is 9.28. The zero-order valence-electron chi connectivity index (χ0n) is 16.5. The Bertz CT molecular complexity index is 814. The number of aliphatic hydroxyl groups is 1. The normalized spacial score (nSPS) is 29.0. The summed E-state index contributed by atoms with van der Waals surface area (Å²) in [4.78, 5) is 12.4. The lowest BCUT2D eigenvalue weighted by molar-refractivity contribution is -0.961. The summed E-state index contributed by atoms with van der Waals surface area (Å²) in [5.41, 5.74) is 1.93. The van der Waals surface area contributed by atoms with Crippen molar-refractivity contribution in [2.45, 2.75) is 56.5 Å². The third-order valence-electron chi connectivity index (χ3n) is 6.63. The number of aliphatic hydroxyl groups excluding tert-OH is 1. The van der Waals surface area contributed by atoms with Crippen molar-refractivity contribution in [3.05, 3.63) is 70.2 Å². The van der Waals surface area contributed by atoms with Crippen molar-refractivity contribution in [1.82, 2.24) is 0 Å². The van der Waals surface area contributed by atoms with E-state index in [2.05, 4.69) is 47.2 Å². The van der Waals surface area contributed by atoms with Crippen molar-refractivity contribution >= 4 is 21.9 Å². The summed E-state index contributed by atoms with van der Waals surface area (Å²) in [5.74, 6) is -0.528. The first-order valence-electron chi connectivity index (χ1n) is 9.98. The molecule has 4 nitrogen and oxygen atoms in total. The molecule has 2 aliphatic heterocycles. The summed E-state index contributed by atoms with van der Waals surface area (Å²) in [5, 5.41) is 10.3. The van der Waals surface area contributed by atoms with E-state index in [9.17, 15) is 9.90 Å². The maximum absolute atomic E-state index is 12.4. The molecule has 2 heterocycles. The summed E-state index contributed by atoms with van der Waals surface area (Å²) in [6.07, 6.45) is 2.79. The van der Waals surface area contributed by atoms with Crippen LogP contribution in [0.4, 0.5) is 0 Å². The molecule has 0 amide bonds. The van der Waals surface area contributed by atoms with Gasteiger partial charge in [-0.2, -0.15) is 0 Å². The van der Waals surface area contributed by atoms with Crippen LogP contribution in [0.15, 0.2) is 59.1 Å². The van der Waals surface area contributed by atoms with Crippen LogP contribution in [0.1, 0.15) is 42.9 Å². The van der Waals surface area contributed by atoms with Crippen molar-refractivity contribution in [3.63, 3.8) is 0 Å². The number of fused-ring (bicyclic) bond motifs is 2. The molecule has 0 aliphatic carbocycles. The first-order valence-corrected chi connectivity index (χ1v) is 10.8. The van der Waals surface area contributed by atoms with Crippen molar-refractivity contribution in [1.29, 1.82) is 0 Å². The average molecular weight is 525 g/mol. The smallest absolute Gasteiger partial charge is 0.339 e. The Morgan fingerprint density at radius 3 is 2.28 bits per heavy atom. The van der Waals surface area contributed by atoms with Gasteiger partial charge < -0.3 is 31.3 Å². The van der Waals surface area contributed by atoms with E-state index in [1.54, 1.807) is 12.1 Å². The summed E-state index contributed by atoms with van der Waals surface area (Å²) in [7, 11) is 2.35. The van der Waals surface area contributed by atoms with Crippen LogP contribution in [0, 0.1) is 0 Å². The molecule has 156 valence electrons. The number of benzene rings is 2. The minimum atomic E-state index is -1.20. The van der Waals surface area contributed by atoms with E-state index in [0.717, 1.165) is 28.3 Å². The maximum atomic E-state index is 12.4. The Kier molecular flexibility index (Phi) is 7.20. The van der Waals surface area contributed by atoms with Crippen molar-refractivity contribution < 1.29 is 36.1 Å². The Balaban J connectivity index is 0.00000240. The molecule has 2 bridgehead atoms. The molecule has 2 aromatic rings. The Hall–Kier alpha value is -1.21. The fourth-order valence-electron chi connectivity index (χ4n) is 5.03. The van der Waals surface area contributed by atoms with Gasteiger partial charge in [-0.1, -0.05) is 58.4 Å². The lowest BCUT2D eigenvalue weighted by atomic mass is 9.95. The van der Waals surface area contributed by atoms with Crippen molar-refractivity contribution in [3.8, 4) is 0 Å². The van der Waals surface area contributed by atoms with Crippen LogP contribution in [-0.4, -0.2) is 40.8 Å². The largest absolute Gasteiger partial charge is 1.00 e. The van der Waals surface area contributed by atoms with Gasteiger partial charge in [0.15, 0.2) is 6.10 Å². The highest BCUT2D eigenvalue weighted by Gasteiger charge is 2.52. The second kappa shape index (κ2) is 9.29. The molecule has 3 unspecified atom stereocenters. The topological polar surface area (TPSA) is 46.5 Å². The third kappa shape index (κ3) is 4.76. The molecule has 0 spiro atoms. The average Bonchev–Trinajstić information content (AvgIpc) is 2.86. The number of hydrogen-bond donors (Lipinski definition) is 1. The zero-order chi connectivity index (χ0) is 19.7. The van der Waals surface area contributed by atoms with E-state index in [1.807, 2.05) is 18.2 Å². The highest BCUT2D eigenvalue weighted by atomic mass is 79.9. The lowest BCUT2D eigenvalue weighted by Crippen LogP contribution is -3.00. The van der Waals surface area contributed by atoms with Gasteiger partial charge in [-0.05, 0) is 17.7 Å². The number of nitrogens with zero attached hydrogens (tertiary/aromatic N) is 1. The summed E-state index contributed by atoms with van der Waals surface area (Å²) in [6.45, 7) is 1.01. The highest BCUT2D eigenvalue weighted by Crippen LogP contribution is 2.43. The second-order valence-electron chi connectivity index (χ2n) is 8.36. The number of piperidine rings is 1. The first kappa shape index (κ1) is 22.5. The quantitative estimate of drug-likeness (QED) is 0.474. The van der Waals surface area contributed by atoms with E-state index in [0.29, 0.717) is 17.6 Å². The molecule has 0 aromatic heterocycles. The van der Waals surface area contributed by atoms with E-state index in [1.165, 1.54) is 18.4 Å². The molecule has 3 atom stereocenters. The highest BCUT2D eigenvalue weighted by molar-refractivity contribution is 9.10. The van der Waals surface area contributed by atoms with Gasteiger partial charge in [-0.25, -0.2) is 4.79 Å². The van der Waals surface area contributed by atoms with Crippen LogP contribution in [-0.2, 0) is 16.1 Å². The van der Waals surface area contributed by atoms with E-state index in [4.69, 9.17) is 4.74 Å². The molecule has 2 saturated heterocycles. The molecule has 2 aliphatic rings. The number of carbonyl (C=O) groups is 1. The van der Waals surface area contributed by atoms with Gasteiger partial charge >= 0.3 is 5.97 Å². The van der Waals surface area contributed by atoms with Crippen LogP contribution in [0.25, 0.3) is 0 Å². The van der Waals surface area contributed by atoms with Gasteiger partial charge in [0.2, 0.25) is 0 Å². The monoisotopic (exact) mass is 523 g/mol. The summed E-state index contributed by atoms with van der Waals surface area (Å²) in [6, 6.07) is 18.6. The summed E-state index contributed by atoms with van der Waals surface area (Å²) < 4.78 is 7.87. The Morgan fingerprint density at radius 2 is 1.69 bits per heavy atom. The Morgan fingerprint density at radius 1 is 1.10 bits per heavy atom. The third-order valence-corrected chi connectivity index (χ3v) is 7.16. The summed E-state index contributed by atoms with van der Waals surface area (Å²) >= 11 is 3.51. The first-order chi connectivity index (χ1) is 13.5. The van der Waals surface area contributed by atoms with Crippen LogP contribution < -0.4 is 17.0 Å². The SMILES string of the molecule is C[N+]1(Cc2ccc(Br)cc2)C2CCC1CC(OC(=O)C(O)c1ccccc1)C2.[Br-]. The molecular weight excluding hydrogens is 498 g/mol. The maximum Gasteiger partial charge on any atom is 0.339 e. The van der Waals surface area contributed by atoms with Crippen LogP contribution in [0.5, 0.6) is 0 Å². The van der Waals surface area contributed by atoms with Crippen LogP contribution in [0.2, 0.25) is 0 Å². The van der Waals surface area contributed by atoms with E-state index in [-0.39, 0.29) is 23.1 Å². The minimum Gasteiger partial charge on any atom is -1.00 e. The minimum absolute atomic E-state index is 0. The fourth-order valence-corrected chi connectivity index (χ4v) is 5.30. The number of ether oxygens (including phenoxy) is 1. The van der Waals surface area contributed by atoms with Crippen molar-refractivity contribution in [2.75, 3.05) is 7.05 Å². The number of carbonyl (C=O) groups excluding carboxylic acids is 1.